The predicted octanol–water partition coefficient (Wildman–Crippen LogP) is 5.70. The van der Waals surface area contributed by atoms with E-state index in [0.29, 0.717) is 28.9 Å². The largest absolute Gasteiger partial charge is 0.496 e. The Kier molecular flexibility index (Phi) is 7.68. The first-order valence-electron chi connectivity index (χ1n) is 14.2. The Hall–Kier alpha value is -4.62. The number of rotatable bonds is 8. The number of nitrogens with zero attached hydrogens (tertiary/aromatic N) is 1. The number of carbonyl (C=O) groups excluding carboxylic acids is 2. The number of methoxy groups -OCH3 is 3. The average Bonchev–Trinajstić information content (AvgIpc) is 3.03. The van der Waals surface area contributed by atoms with Crippen molar-refractivity contribution < 1.29 is 23.8 Å². The van der Waals surface area contributed by atoms with Crippen molar-refractivity contribution in [1.29, 1.82) is 0 Å². The lowest BCUT2D eigenvalue weighted by atomic mass is 9.82. The number of anilines is 1. The first-order chi connectivity index (χ1) is 20.5. The maximum atomic E-state index is 13.4. The molecule has 1 amide bonds. The molecule has 1 heterocycles. The lowest BCUT2D eigenvalue weighted by Crippen LogP contribution is -2.32. The summed E-state index contributed by atoms with van der Waals surface area (Å²) < 4.78 is 16.5. The molecule has 1 aliphatic heterocycles. The summed E-state index contributed by atoms with van der Waals surface area (Å²) in [5.74, 6) is 1.89. The molecule has 0 unspecified atom stereocenters. The summed E-state index contributed by atoms with van der Waals surface area (Å²) in [6.07, 6.45) is 2.35. The van der Waals surface area contributed by atoms with E-state index in [1.54, 1.807) is 39.5 Å². The Bertz CT molecular complexity index is 1660. The summed E-state index contributed by atoms with van der Waals surface area (Å²) in [7, 11) is 4.93. The number of carbonyl (C=O) groups is 2. The van der Waals surface area contributed by atoms with Gasteiger partial charge in [-0.3, -0.25) is 14.5 Å². The fraction of sp³-hybridized carbons (Fsp3) is 0.257. The summed E-state index contributed by atoms with van der Waals surface area (Å²) in [4.78, 5) is 29.1. The molecular weight excluding hydrogens is 528 g/mol. The highest BCUT2D eigenvalue weighted by Crippen LogP contribution is 2.35. The van der Waals surface area contributed by atoms with Crippen LogP contribution in [0.2, 0.25) is 0 Å². The van der Waals surface area contributed by atoms with Crippen LogP contribution in [-0.2, 0) is 25.8 Å². The van der Waals surface area contributed by atoms with Crippen molar-refractivity contribution in [1.82, 2.24) is 4.90 Å². The van der Waals surface area contributed by atoms with Crippen molar-refractivity contribution in [2.75, 3.05) is 39.7 Å². The zero-order chi connectivity index (χ0) is 29.2. The van der Waals surface area contributed by atoms with Crippen LogP contribution in [0.1, 0.15) is 54.1 Å². The first kappa shape index (κ1) is 27.5. The fourth-order valence-corrected chi connectivity index (χ4v) is 6.05. The molecule has 0 aromatic heterocycles. The molecular formula is C35H34N2O5. The normalized spacial score (nSPS) is 13.9. The zero-order valence-electron chi connectivity index (χ0n) is 24.2. The van der Waals surface area contributed by atoms with Crippen molar-refractivity contribution in [3.63, 3.8) is 0 Å². The van der Waals surface area contributed by atoms with Gasteiger partial charge in [-0.15, -0.1) is 0 Å². The molecule has 7 heteroatoms. The van der Waals surface area contributed by atoms with Gasteiger partial charge in [0.25, 0.3) is 5.91 Å². The standard InChI is InChI=1S/C35H34N2O5/c1-40-31-9-5-7-27-30(31)20-29-26(34(27)38)6-4-8-28(29)35(39)36-25-12-10-22(11-13-25)14-16-37-17-15-23-18-32(41-2)33(42-3)19-24(23)21-37/h4-13,18-19H,14-17,20-21H2,1-3H3,(H,36,39). The van der Waals surface area contributed by atoms with E-state index in [0.717, 1.165) is 60.8 Å². The van der Waals surface area contributed by atoms with Gasteiger partial charge in [0.15, 0.2) is 17.3 Å². The van der Waals surface area contributed by atoms with E-state index in [-0.39, 0.29) is 11.7 Å². The third-order valence-corrected chi connectivity index (χ3v) is 8.34. The number of ketones is 1. The highest BCUT2D eigenvalue weighted by Gasteiger charge is 2.29. The molecule has 4 aromatic rings. The maximum absolute atomic E-state index is 13.4. The van der Waals surface area contributed by atoms with E-state index in [1.165, 1.54) is 16.7 Å². The van der Waals surface area contributed by atoms with Gasteiger partial charge in [0.1, 0.15) is 5.75 Å². The third-order valence-electron chi connectivity index (χ3n) is 8.34. The number of hydrogen-bond acceptors (Lipinski definition) is 6. The Balaban J connectivity index is 1.10. The van der Waals surface area contributed by atoms with Crippen LogP contribution in [0.5, 0.6) is 17.2 Å². The second kappa shape index (κ2) is 11.7. The molecule has 6 rings (SSSR count). The molecule has 0 saturated carbocycles. The molecule has 0 bridgehead atoms. The fourth-order valence-electron chi connectivity index (χ4n) is 6.05. The lowest BCUT2D eigenvalue weighted by Gasteiger charge is -2.29. The van der Waals surface area contributed by atoms with Gasteiger partial charge in [0.05, 0.1) is 21.3 Å². The minimum absolute atomic E-state index is 0.0831. The van der Waals surface area contributed by atoms with E-state index in [2.05, 4.69) is 34.5 Å². The van der Waals surface area contributed by atoms with Gasteiger partial charge in [-0.1, -0.05) is 36.4 Å². The Morgan fingerprint density at radius 2 is 1.48 bits per heavy atom. The summed E-state index contributed by atoms with van der Waals surface area (Å²) in [5, 5.41) is 3.03. The highest BCUT2D eigenvalue weighted by molar-refractivity contribution is 6.15. The molecule has 7 nitrogen and oxygen atoms in total. The van der Waals surface area contributed by atoms with Crippen LogP contribution in [-0.4, -0.2) is 51.0 Å². The summed E-state index contributed by atoms with van der Waals surface area (Å²) in [6.45, 7) is 2.82. The smallest absolute Gasteiger partial charge is 0.255 e. The van der Waals surface area contributed by atoms with Crippen LogP contribution in [0.15, 0.2) is 72.8 Å². The topological polar surface area (TPSA) is 77.1 Å². The van der Waals surface area contributed by atoms with E-state index in [9.17, 15) is 9.59 Å². The lowest BCUT2D eigenvalue weighted by molar-refractivity contribution is 0.102. The van der Waals surface area contributed by atoms with Crippen molar-refractivity contribution in [2.45, 2.75) is 25.8 Å². The zero-order valence-corrected chi connectivity index (χ0v) is 24.2. The molecule has 214 valence electrons. The molecule has 0 atom stereocenters. The van der Waals surface area contributed by atoms with Gasteiger partial charge in [0, 0.05) is 54.0 Å². The number of ether oxygens (including phenoxy) is 3. The highest BCUT2D eigenvalue weighted by atomic mass is 16.5. The van der Waals surface area contributed by atoms with Crippen LogP contribution in [0.25, 0.3) is 0 Å². The second-order valence-electron chi connectivity index (χ2n) is 10.7. The minimum Gasteiger partial charge on any atom is -0.496 e. The Labute approximate surface area is 246 Å². The van der Waals surface area contributed by atoms with Crippen molar-refractivity contribution in [3.8, 4) is 17.2 Å². The molecule has 2 aliphatic rings. The molecule has 0 saturated heterocycles. The van der Waals surface area contributed by atoms with Crippen molar-refractivity contribution in [3.05, 3.63) is 117 Å². The van der Waals surface area contributed by atoms with Crippen molar-refractivity contribution >= 4 is 17.4 Å². The quantitative estimate of drug-likeness (QED) is 0.262. The molecule has 0 fully saturated rings. The van der Waals surface area contributed by atoms with Gasteiger partial charge in [-0.25, -0.2) is 0 Å². The van der Waals surface area contributed by atoms with Crippen LogP contribution < -0.4 is 19.5 Å². The number of benzene rings is 4. The summed E-state index contributed by atoms with van der Waals surface area (Å²) in [6, 6.07) is 23.0. The summed E-state index contributed by atoms with van der Waals surface area (Å²) >= 11 is 0. The van der Waals surface area contributed by atoms with Crippen LogP contribution in [0.4, 0.5) is 5.69 Å². The minimum atomic E-state index is -0.232. The van der Waals surface area contributed by atoms with Gasteiger partial charge >= 0.3 is 0 Å². The first-order valence-corrected chi connectivity index (χ1v) is 14.2. The van der Waals surface area contributed by atoms with Crippen molar-refractivity contribution in [2.24, 2.45) is 0 Å². The Morgan fingerprint density at radius 1 is 0.810 bits per heavy atom. The average molecular weight is 563 g/mol. The monoisotopic (exact) mass is 562 g/mol. The van der Waals surface area contributed by atoms with Gasteiger partial charge < -0.3 is 19.5 Å². The molecule has 0 radical (unpaired) electrons. The molecule has 1 aliphatic carbocycles. The Morgan fingerprint density at radius 3 is 2.19 bits per heavy atom. The number of fused-ring (bicyclic) bond motifs is 3. The molecule has 1 N–H and O–H groups in total. The van der Waals surface area contributed by atoms with Crippen LogP contribution in [0, 0.1) is 0 Å². The van der Waals surface area contributed by atoms with Gasteiger partial charge in [-0.2, -0.15) is 0 Å². The second-order valence-corrected chi connectivity index (χ2v) is 10.7. The van der Waals surface area contributed by atoms with E-state index >= 15 is 0 Å². The molecule has 42 heavy (non-hydrogen) atoms. The number of amides is 1. The summed E-state index contributed by atoms with van der Waals surface area (Å²) in [5.41, 5.74) is 7.76. The third kappa shape index (κ3) is 5.23. The van der Waals surface area contributed by atoms with E-state index < -0.39 is 0 Å². The SMILES string of the molecule is COc1cc2c(cc1OC)CN(CCc1ccc(NC(=O)c3cccc4c3Cc3c(OC)cccc3C4=O)cc1)CC2. The van der Waals surface area contributed by atoms with Crippen LogP contribution in [0.3, 0.4) is 0 Å². The molecule has 0 spiro atoms. The van der Waals surface area contributed by atoms with Gasteiger partial charge in [0.2, 0.25) is 0 Å². The van der Waals surface area contributed by atoms with E-state index in [4.69, 9.17) is 14.2 Å². The van der Waals surface area contributed by atoms with Crippen LogP contribution >= 0.6 is 0 Å². The maximum Gasteiger partial charge on any atom is 0.255 e. The number of nitrogens with one attached hydrogen (secondary N) is 1. The number of hydrogen-bond donors (Lipinski definition) is 1. The molecule has 4 aromatic carbocycles. The van der Waals surface area contributed by atoms with E-state index in [1.807, 2.05) is 30.3 Å². The van der Waals surface area contributed by atoms with Gasteiger partial charge in [-0.05, 0) is 71.5 Å². The predicted molar refractivity (Wildman–Crippen MR) is 162 cm³/mol.